The summed E-state index contributed by atoms with van der Waals surface area (Å²) < 4.78 is 14.9. The molecule has 6 heterocycles. The number of hydrogen-bond donors (Lipinski definition) is 0. The van der Waals surface area contributed by atoms with Crippen molar-refractivity contribution in [2.24, 2.45) is 0 Å². The molecule has 24 aromatic rings. The van der Waals surface area contributed by atoms with Crippen LogP contribution in [0.4, 0.5) is 0 Å². The highest BCUT2D eigenvalue weighted by atomic mass is 32.1. The first-order chi connectivity index (χ1) is 57.9. The summed E-state index contributed by atoms with van der Waals surface area (Å²) >= 11 is 1.80. The lowest BCUT2D eigenvalue weighted by Gasteiger charge is -2.11. The van der Waals surface area contributed by atoms with Gasteiger partial charge in [-0.25, -0.2) is 44.9 Å². The van der Waals surface area contributed by atoms with E-state index in [0.29, 0.717) is 52.4 Å². The van der Waals surface area contributed by atoms with Crippen LogP contribution < -0.4 is 0 Å². The van der Waals surface area contributed by atoms with Gasteiger partial charge in [-0.1, -0.05) is 303 Å². The SMILES string of the molecule is c1ccc2cc(-c3nc(-c4ccc5c(c4)oc4ccccc45)nc(-c4cccc5ccccc45)n3)ccc2c1.c1ccc2cc(-c3nc(-c4ccc5ccccc5c4)nc(-c4ccc5c(c4)oc4ccccc45)n3)ccc2c1.c1ccc2cc(-c3nc(-c4ccc5ccccc5c4)nc(-c4ccc5c(c4)sc4ccccc45)n3)ccc2c1. The summed E-state index contributed by atoms with van der Waals surface area (Å²) in [5, 5.41) is 20.8. The van der Waals surface area contributed by atoms with Gasteiger partial charge in [-0.2, -0.15) is 0 Å². The Hall–Kier alpha value is -15.6. The molecule has 546 valence electrons. The number of para-hydroxylation sites is 2. The number of thiophene rings is 1. The van der Waals surface area contributed by atoms with Crippen molar-refractivity contribution in [3.8, 4) is 102 Å². The molecular weight excluding hydrogens is 1450 g/mol. The van der Waals surface area contributed by atoms with Gasteiger partial charge in [0.2, 0.25) is 0 Å². The third-order valence-corrected chi connectivity index (χ3v) is 23.0. The van der Waals surface area contributed by atoms with Crippen molar-refractivity contribution < 1.29 is 8.83 Å². The number of benzene rings is 18. The monoisotopic (exact) mass is 1510 g/mol. The molecule has 0 saturated carbocycles. The fourth-order valence-electron chi connectivity index (χ4n) is 15.9. The smallest absolute Gasteiger partial charge is 0.164 e. The van der Waals surface area contributed by atoms with Gasteiger partial charge < -0.3 is 8.83 Å². The van der Waals surface area contributed by atoms with Gasteiger partial charge in [-0.15, -0.1) is 11.3 Å². The Morgan fingerprint density at radius 3 is 0.795 bits per heavy atom. The largest absolute Gasteiger partial charge is 0.456 e. The van der Waals surface area contributed by atoms with Gasteiger partial charge in [-0.3, -0.25) is 0 Å². The first-order valence-electron chi connectivity index (χ1n) is 38.8. The van der Waals surface area contributed by atoms with E-state index in [2.05, 4.69) is 309 Å². The van der Waals surface area contributed by atoms with E-state index in [0.717, 1.165) is 132 Å². The van der Waals surface area contributed by atoms with Crippen LogP contribution in [0.1, 0.15) is 0 Å². The van der Waals surface area contributed by atoms with Crippen LogP contribution >= 0.6 is 11.3 Å². The number of hydrogen-bond acceptors (Lipinski definition) is 12. The third kappa shape index (κ3) is 13.0. The molecule has 12 heteroatoms. The predicted molar refractivity (Wildman–Crippen MR) is 481 cm³/mol. The van der Waals surface area contributed by atoms with Gasteiger partial charge >= 0.3 is 0 Å². The van der Waals surface area contributed by atoms with Crippen molar-refractivity contribution in [1.82, 2.24) is 44.9 Å². The van der Waals surface area contributed by atoms with Crippen molar-refractivity contribution in [3.63, 3.8) is 0 Å². The molecule has 0 bridgehead atoms. The van der Waals surface area contributed by atoms with Gasteiger partial charge in [-0.05, 0) is 143 Å². The van der Waals surface area contributed by atoms with Gasteiger partial charge in [0.1, 0.15) is 22.3 Å². The summed E-state index contributed by atoms with van der Waals surface area (Å²) in [7, 11) is 0. The second-order valence-electron chi connectivity index (χ2n) is 29.2. The Labute approximate surface area is 673 Å². The van der Waals surface area contributed by atoms with E-state index in [1.54, 1.807) is 11.3 Å². The molecule has 6 aromatic heterocycles. The summed E-state index contributed by atoms with van der Waals surface area (Å²) in [6, 6.07) is 132. The molecule has 18 aromatic carbocycles. The Morgan fingerprint density at radius 2 is 0.410 bits per heavy atom. The quantitative estimate of drug-likeness (QED) is 0.136. The van der Waals surface area contributed by atoms with Crippen LogP contribution in [0.25, 0.3) is 231 Å². The van der Waals surface area contributed by atoms with E-state index in [9.17, 15) is 0 Å². The first-order valence-corrected chi connectivity index (χ1v) is 39.7. The number of aromatic nitrogens is 9. The first kappa shape index (κ1) is 68.2. The molecular formula is C105H63N9O2S. The number of furan rings is 2. The third-order valence-electron chi connectivity index (χ3n) is 21.9. The molecule has 0 aliphatic carbocycles. The molecule has 0 radical (unpaired) electrons. The van der Waals surface area contributed by atoms with Crippen LogP contribution in [0.5, 0.6) is 0 Å². The van der Waals surface area contributed by atoms with Crippen molar-refractivity contribution >= 4 is 140 Å². The van der Waals surface area contributed by atoms with Crippen LogP contribution in [-0.4, -0.2) is 44.9 Å². The molecule has 0 unspecified atom stereocenters. The van der Waals surface area contributed by atoms with Gasteiger partial charge in [0.15, 0.2) is 52.4 Å². The van der Waals surface area contributed by atoms with Crippen LogP contribution in [0, 0.1) is 0 Å². The van der Waals surface area contributed by atoms with E-state index in [1.807, 2.05) is 72.8 Å². The maximum Gasteiger partial charge on any atom is 0.164 e. The Morgan fingerprint density at radius 1 is 0.154 bits per heavy atom. The number of rotatable bonds is 9. The molecule has 0 saturated heterocycles. The van der Waals surface area contributed by atoms with Crippen molar-refractivity contribution in [2.45, 2.75) is 0 Å². The summed E-state index contributed by atoms with van der Waals surface area (Å²) in [4.78, 5) is 44.9. The average molecular weight is 1510 g/mol. The second-order valence-corrected chi connectivity index (χ2v) is 30.3. The van der Waals surface area contributed by atoms with E-state index in [4.69, 9.17) is 53.7 Å². The number of nitrogens with zero attached hydrogens (tertiary/aromatic N) is 9. The van der Waals surface area contributed by atoms with E-state index < -0.39 is 0 Å². The molecule has 0 amide bonds. The number of fused-ring (bicyclic) bond motifs is 15. The lowest BCUT2D eigenvalue weighted by molar-refractivity contribution is 0.668. The molecule has 0 N–H and O–H groups in total. The maximum atomic E-state index is 6.18. The molecule has 117 heavy (non-hydrogen) atoms. The van der Waals surface area contributed by atoms with Crippen LogP contribution in [0.15, 0.2) is 391 Å². The van der Waals surface area contributed by atoms with Crippen LogP contribution in [0.2, 0.25) is 0 Å². The van der Waals surface area contributed by atoms with Gasteiger partial charge in [0.05, 0.1) is 0 Å². The highest BCUT2D eigenvalue weighted by Crippen LogP contribution is 2.40. The highest BCUT2D eigenvalue weighted by Gasteiger charge is 2.21. The minimum Gasteiger partial charge on any atom is -0.456 e. The summed E-state index contributed by atoms with van der Waals surface area (Å²) in [5.74, 6) is 5.80. The fraction of sp³-hybridized carbons (Fsp3) is 0. The lowest BCUT2D eigenvalue weighted by Crippen LogP contribution is -2.00. The summed E-state index contributed by atoms with van der Waals surface area (Å²) in [6.07, 6.45) is 0. The summed E-state index contributed by atoms with van der Waals surface area (Å²) in [5.41, 5.74) is 11.9. The Bertz CT molecular complexity index is 7560. The van der Waals surface area contributed by atoms with Crippen molar-refractivity contribution in [3.05, 3.63) is 382 Å². The molecule has 11 nitrogen and oxygen atoms in total. The maximum absolute atomic E-state index is 6.18. The Balaban J connectivity index is 0.000000106. The predicted octanol–water partition coefficient (Wildman–Crippen LogP) is 27.7. The van der Waals surface area contributed by atoms with Gasteiger partial charge in [0, 0.05) is 91.8 Å². The molecule has 0 atom stereocenters. The zero-order valence-electron chi connectivity index (χ0n) is 62.6. The zero-order chi connectivity index (χ0) is 77.3. The van der Waals surface area contributed by atoms with Crippen LogP contribution in [-0.2, 0) is 0 Å². The zero-order valence-corrected chi connectivity index (χ0v) is 63.4. The molecule has 0 aliphatic rings. The second kappa shape index (κ2) is 28.8. The average Bonchev–Trinajstić information content (AvgIpc) is 1.73. The van der Waals surface area contributed by atoms with E-state index in [1.165, 1.54) is 47.1 Å². The fourth-order valence-corrected chi connectivity index (χ4v) is 17.1. The van der Waals surface area contributed by atoms with E-state index in [-0.39, 0.29) is 0 Å². The van der Waals surface area contributed by atoms with Crippen molar-refractivity contribution in [2.75, 3.05) is 0 Å². The van der Waals surface area contributed by atoms with Crippen molar-refractivity contribution in [1.29, 1.82) is 0 Å². The lowest BCUT2D eigenvalue weighted by atomic mass is 10.0. The van der Waals surface area contributed by atoms with Crippen LogP contribution in [0.3, 0.4) is 0 Å². The highest BCUT2D eigenvalue weighted by molar-refractivity contribution is 7.25. The normalized spacial score (nSPS) is 11.6. The molecule has 24 rings (SSSR count). The molecule has 0 spiro atoms. The minimum atomic E-state index is 0.610. The van der Waals surface area contributed by atoms with E-state index >= 15 is 0 Å². The molecule has 0 aliphatic heterocycles. The topological polar surface area (TPSA) is 142 Å². The molecule has 0 fully saturated rings. The van der Waals surface area contributed by atoms with Gasteiger partial charge in [0.25, 0.3) is 0 Å². The standard InChI is InChI=1S/2C35H21N3O.C35H21N3S/c1-3-9-24-19-26(15-13-22(24)7-1)33-36-34(27-16-14-23-8-2-4-10-25(23)20-27)38-35(37-33)28-17-18-30-29-11-5-6-12-31(29)39-32(30)21-28;1-2-10-24-20-25(17-16-22(24)8-1)33-36-34(26-18-19-29-28-13-5-6-15-31(28)39-32(29)21-26)38-35(37-33)30-14-7-11-23-9-3-4-12-27(23)30;1-3-9-24-19-26(15-13-22(24)7-1)33-36-34(27-16-14-23-8-2-4-10-25(23)20-27)38-35(37-33)28-17-18-30-29-11-5-6-12-31(29)39-32(30)21-28/h3*1-21H. The Kier molecular flexibility index (Phi) is 16.8. The minimum absolute atomic E-state index is 0.610. The summed E-state index contributed by atoms with van der Waals surface area (Å²) in [6.45, 7) is 0.